The van der Waals surface area contributed by atoms with Gasteiger partial charge in [-0.15, -0.1) is 0 Å². The molecule has 0 spiro atoms. The van der Waals surface area contributed by atoms with E-state index in [1.54, 1.807) is 20.8 Å². The van der Waals surface area contributed by atoms with Crippen LogP contribution in [0.1, 0.15) is 137 Å². The molecule has 0 aromatic heterocycles. The number of benzene rings is 5. The van der Waals surface area contributed by atoms with E-state index in [9.17, 15) is 14.7 Å². The highest BCUT2D eigenvalue weighted by atomic mass is 35.5. The number of halogens is 1. The smallest absolute Gasteiger partial charge is 0.407 e. The summed E-state index contributed by atoms with van der Waals surface area (Å²) in [6, 6.07) is 40.6. The zero-order valence-electron chi connectivity index (χ0n) is 35.8. The summed E-state index contributed by atoms with van der Waals surface area (Å²) < 4.78 is 18.6. The van der Waals surface area contributed by atoms with Crippen molar-refractivity contribution in [1.82, 2.24) is 5.32 Å². The van der Waals surface area contributed by atoms with Gasteiger partial charge in [0.15, 0.2) is 6.29 Å². The lowest BCUT2D eigenvalue weighted by Gasteiger charge is -2.39. The number of alkyl carbamates (subject to hydrolysis) is 1. The average molecular weight is 843 g/mol. The number of ether oxygens (including phenoxy) is 3. The Hall–Kier alpha value is -4.95. The summed E-state index contributed by atoms with van der Waals surface area (Å²) in [5.41, 5.74) is 5.50. The molecule has 7 rings (SSSR count). The second-order valence-electron chi connectivity index (χ2n) is 17.6. The number of aliphatic hydroxyl groups excluding tert-OH is 1. The van der Waals surface area contributed by atoms with E-state index in [2.05, 4.69) is 41.7 Å². The molecule has 2 unspecified atom stereocenters. The number of fused-ring (bicyclic) bond motifs is 3. The topological polar surface area (TPSA) is 94.1 Å². The van der Waals surface area contributed by atoms with Gasteiger partial charge in [-0.2, -0.15) is 0 Å². The summed E-state index contributed by atoms with van der Waals surface area (Å²) in [4.78, 5) is 27.5. The first-order valence-corrected chi connectivity index (χ1v) is 22.5. The third-order valence-electron chi connectivity index (χ3n) is 12.2. The fourth-order valence-electron chi connectivity index (χ4n) is 9.23. The Labute approximate surface area is 366 Å². The standard InChI is InChI=1S/C53H60ClNO6/c1-52(2,3)61-50(57)48(55-51(58)59-36-45-43-27-17-15-25-41(43)42-26-16-18-28-44(42)45)35-49(56)60-53(39-23-13-10-14-24-39,46-29-19-20-30-47(46)54)40-33-31-38(32-34-40)37-21-11-8-6-4-5-7-9-12-22-37/h10,13-20,23-34,37,45,48-49,56H,4-9,11-12,21-22,35-36H2,1-3H3,(H,55,58)/t48-,49?,53?/m0/s1. The molecule has 1 fully saturated rings. The summed E-state index contributed by atoms with van der Waals surface area (Å²) in [5, 5.41) is 15.3. The van der Waals surface area contributed by atoms with Crippen molar-refractivity contribution in [3.8, 4) is 11.1 Å². The maximum absolute atomic E-state index is 13.9. The Kier molecular flexibility index (Phi) is 14.7. The summed E-state index contributed by atoms with van der Waals surface area (Å²) in [5.74, 6) is -0.438. The number of esters is 1. The largest absolute Gasteiger partial charge is 0.458 e. The Balaban J connectivity index is 1.17. The molecule has 1 saturated carbocycles. The van der Waals surface area contributed by atoms with E-state index < -0.39 is 35.6 Å². The molecule has 0 radical (unpaired) electrons. The molecular formula is C53H60ClNO6. The van der Waals surface area contributed by atoms with E-state index in [4.69, 9.17) is 25.8 Å². The number of amides is 1. The third kappa shape index (κ3) is 10.7. The van der Waals surface area contributed by atoms with Crippen molar-refractivity contribution in [1.29, 1.82) is 0 Å². The average Bonchev–Trinajstić information content (AvgIpc) is 3.54. The van der Waals surface area contributed by atoms with Crippen molar-refractivity contribution < 1.29 is 28.9 Å². The van der Waals surface area contributed by atoms with Gasteiger partial charge in [-0.25, -0.2) is 9.59 Å². The number of carbonyl (C=O) groups is 2. The molecule has 8 heteroatoms. The van der Waals surface area contributed by atoms with E-state index in [1.807, 2.05) is 91.0 Å². The minimum absolute atomic E-state index is 0.0560. The van der Waals surface area contributed by atoms with Crippen molar-refractivity contribution >= 4 is 23.7 Å². The van der Waals surface area contributed by atoms with Crippen LogP contribution >= 0.6 is 11.6 Å². The summed E-state index contributed by atoms with van der Waals surface area (Å²) in [6.45, 7) is 5.32. The van der Waals surface area contributed by atoms with Gasteiger partial charge < -0.3 is 24.6 Å². The van der Waals surface area contributed by atoms with E-state index in [0.29, 0.717) is 16.5 Å². The lowest BCUT2D eigenvalue weighted by atomic mass is 9.78. The highest BCUT2D eigenvalue weighted by Gasteiger charge is 2.43. The van der Waals surface area contributed by atoms with Gasteiger partial charge in [-0.3, -0.25) is 0 Å². The number of hydrogen-bond donors (Lipinski definition) is 2. The van der Waals surface area contributed by atoms with Gasteiger partial charge in [-0.1, -0.05) is 184 Å². The van der Waals surface area contributed by atoms with Crippen molar-refractivity contribution in [2.45, 2.75) is 127 Å². The van der Waals surface area contributed by atoms with Gasteiger partial charge in [0.1, 0.15) is 23.9 Å². The van der Waals surface area contributed by atoms with Crippen molar-refractivity contribution in [3.63, 3.8) is 0 Å². The Morgan fingerprint density at radius 2 is 1.21 bits per heavy atom. The van der Waals surface area contributed by atoms with Crippen LogP contribution in [-0.4, -0.2) is 41.7 Å². The van der Waals surface area contributed by atoms with Crippen molar-refractivity contribution in [2.75, 3.05) is 6.61 Å². The number of carbonyl (C=O) groups excluding carboxylic acids is 2. The monoisotopic (exact) mass is 841 g/mol. The molecule has 5 aromatic carbocycles. The molecule has 0 bridgehead atoms. The summed E-state index contributed by atoms with van der Waals surface area (Å²) in [7, 11) is 0. The SMILES string of the molecule is CC(C)(C)OC(=O)[C@H](CC(O)OC(c1ccccc1)(c1ccc(C2CCCCCCCCCC2)cc1)c1ccccc1Cl)NC(=O)OCC1c2ccccc2-c2ccccc21. The van der Waals surface area contributed by atoms with Crippen molar-refractivity contribution in [3.05, 3.63) is 166 Å². The zero-order valence-corrected chi connectivity index (χ0v) is 36.5. The maximum atomic E-state index is 13.9. The molecule has 7 nitrogen and oxygen atoms in total. The molecule has 3 atom stereocenters. The van der Waals surface area contributed by atoms with E-state index in [1.165, 1.54) is 56.9 Å². The normalized spacial score (nSPS) is 17.1. The highest BCUT2D eigenvalue weighted by Crippen LogP contribution is 2.46. The minimum Gasteiger partial charge on any atom is -0.458 e. The van der Waals surface area contributed by atoms with Crippen molar-refractivity contribution in [2.24, 2.45) is 0 Å². The highest BCUT2D eigenvalue weighted by molar-refractivity contribution is 6.31. The van der Waals surface area contributed by atoms with Gasteiger partial charge in [0, 0.05) is 22.9 Å². The molecule has 2 N–H and O–H groups in total. The second kappa shape index (κ2) is 20.3. The lowest BCUT2D eigenvalue weighted by Crippen LogP contribution is -2.48. The fourth-order valence-corrected chi connectivity index (χ4v) is 9.50. The molecule has 5 aromatic rings. The van der Waals surface area contributed by atoms with Gasteiger partial charge in [0.25, 0.3) is 0 Å². The Morgan fingerprint density at radius 1 is 0.689 bits per heavy atom. The molecule has 2 aliphatic rings. The first-order chi connectivity index (χ1) is 29.5. The van der Waals surface area contributed by atoms with E-state index in [-0.39, 0.29) is 18.9 Å². The Bertz CT molecular complexity index is 2160. The predicted octanol–water partition coefficient (Wildman–Crippen LogP) is 12.6. The van der Waals surface area contributed by atoms with Crippen LogP contribution < -0.4 is 5.32 Å². The molecule has 0 heterocycles. The maximum Gasteiger partial charge on any atom is 0.407 e. The summed E-state index contributed by atoms with van der Waals surface area (Å²) >= 11 is 7.06. The summed E-state index contributed by atoms with van der Waals surface area (Å²) in [6.07, 6.45) is 9.83. The van der Waals surface area contributed by atoms with Crippen LogP contribution in [0.4, 0.5) is 4.79 Å². The quantitative estimate of drug-likeness (QED) is 0.0738. The molecular weight excluding hydrogens is 782 g/mol. The number of hydrogen-bond acceptors (Lipinski definition) is 6. The molecule has 0 aliphatic heterocycles. The third-order valence-corrected chi connectivity index (χ3v) is 12.5. The fraction of sp³-hybridized carbons (Fsp3) is 0.396. The first-order valence-electron chi connectivity index (χ1n) is 22.1. The van der Waals surface area contributed by atoms with Gasteiger partial charge in [0.2, 0.25) is 0 Å². The molecule has 61 heavy (non-hydrogen) atoms. The molecule has 320 valence electrons. The second-order valence-corrected chi connectivity index (χ2v) is 18.0. The van der Waals surface area contributed by atoms with Crippen LogP contribution in [-0.2, 0) is 24.6 Å². The molecule has 0 saturated heterocycles. The number of rotatable bonds is 12. The number of nitrogens with one attached hydrogen (secondary N) is 1. The minimum atomic E-state index is -1.59. The molecule has 1 amide bonds. The zero-order chi connectivity index (χ0) is 42.8. The predicted molar refractivity (Wildman–Crippen MR) is 243 cm³/mol. The van der Waals surface area contributed by atoms with E-state index in [0.717, 1.165) is 46.2 Å². The first kappa shape index (κ1) is 44.1. The van der Waals surface area contributed by atoms with E-state index >= 15 is 0 Å². The van der Waals surface area contributed by atoms with Crippen LogP contribution in [0.5, 0.6) is 0 Å². The van der Waals surface area contributed by atoms with Crippen LogP contribution in [0.2, 0.25) is 5.02 Å². The molecule has 2 aliphatic carbocycles. The van der Waals surface area contributed by atoms with Crippen LogP contribution in [0, 0.1) is 0 Å². The lowest BCUT2D eigenvalue weighted by molar-refractivity contribution is -0.176. The van der Waals surface area contributed by atoms with Gasteiger partial charge >= 0.3 is 12.1 Å². The van der Waals surface area contributed by atoms with Gasteiger partial charge in [0.05, 0.1) is 0 Å². The van der Waals surface area contributed by atoms with Crippen LogP contribution in [0.25, 0.3) is 11.1 Å². The van der Waals surface area contributed by atoms with Crippen LogP contribution in [0.15, 0.2) is 127 Å². The Morgan fingerprint density at radius 3 is 1.80 bits per heavy atom. The van der Waals surface area contributed by atoms with Gasteiger partial charge in [-0.05, 0) is 84.5 Å². The van der Waals surface area contributed by atoms with Crippen LogP contribution in [0.3, 0.4) is 0 Å². The number of aliphatic hydroxyl groups is 1.